The molecule has 1 aliphatic heterocycles. The standard InChI is InChI=1S/C27H34N4O9/c1-7-39-19-12-17(24-23(26(33)38-6)15(2)29-27(34)30-24)8-9-18(19)40-14-22(32)31-28-13-16-10-20(35-3)25(37-5)21(11-16)36-4/h8-13,22,24,31-32H,7,14H2,1-6H3,(H2,29,30,34)/b28-13-/t22-,24+/m1/s1. The number of nitrogens with one attached hydrogen (secondary N) is 3. The highest BCUT2D eigenvalue weighted by molar-refractivity contribution is 5.95. The number of benzene rings is 2. The van der Waals surface area contributed by atoms with Crippen molar-refractivity contribution in [1.82, 2.24) is 16.1 Å². The van der Waals surface area contributed by atoms with Gasteiger partial charge in [0.25, 0.3) is 0 Å². The molecule has 2 amide bonds. The van der Waals surface area contributed by atoms with Crippen molar-refractivity contribution in [3.63, 3.8) is 0 Å². The molecule has 0 saturated carbocycles. The summed E-state index contributed by atoms with van der Waals surface area (Å²) in [5, 5.41) is 19.7. The number of rotatable bonds is 13. The molecule has 2 aromatic rings. The predicted molar refractivity (Wildman–Crippen MR) is 145 cm³/mol. The van der Waals surface area contributed by atoms with Gasteiger partial charge in [-0.05, 0) is 43.7 Å². The van der Waals surface area contributed by atoms with Gasteiger partial charge >= 0.3 is 12.0 Å². The molecule has 0 unspecified atom stereocenters. The summed E-state index contributed by atoms with van der Waals surface area (Å²) in [4.78, 5) is 24.5. The lowest BCUT2D eigenvalue weighted by atomic mass is 9.95. The van der Waals surface area contributed by atoms with Crippen LogP contribution in [-0.4, -0.2) is 71.2 Å². The summed E-state index contributed by atoms with van der Waals surface area (Å²) >= 11 is 0. The van der Waals surface area contributed by atoms with E-state index in [1.54, 1.807) is 44.2 Å². The topological polar surface area (TPSA) is 158 Å². The molecule has 13 heteroatoms. The van der Waals surface area contributed by atoms with Crippen LogP contribution in [0.1, 0.15) is 31.0 Å². The van der Waals surface area contributed by atoms with E-state index in [1.807, 2.05) is 0 Å². The van der Waals surface area contributed by atoms with Crippen molar-refractivity contribution in [2.45, 2.75) is 26.1 Å². The lowest BCUT2D eigenvalue weighted by Gasteiger charge is -2.28. The summed E-state index contributed by atoms with van der Waals surface area (Å²) in [6.07, 6.45) is 0.322. The molecule has 13 nitrogen and oxygen atoms in total. The maximum atomic E-state index is 12.4. The van der Waals surface area contributed by atoms with Gasteiger partial charge < -0.3 is 44.2 Å². The molecular formula is C27H34N4O9. The largest absolute Gasteiger partial charge is 0.493 e. The van der Waals surface area contributed by atoms with E-state index in [1.165, 1.54) is 34.7 Å². The Morgan fingerprint density at radius 2 is 1.75 bits per heavy atom. The Bertz CT molecular complexity index is 1250. The van der Waals surface area contributed by atoms with Crippen LogP contribution in [0.15, 0.2) is 46.7 Å². The van der Waals surface area contributed by atoms with E-state index in [0.717, 1.165) is 0 Å². The first-order valence-corrected chi connectivity index (χ1v) is 12.3. The molecule has 1 heterocycles. The molecular weight excluding hydrogens is 524 g/mol. The van der Waals surface area contributed by atoms with Gasteiger partial charge in [0.05, 0.1) is 52.9 Å². The van der Waals surface area contributed by atoms with Crippen LogP contribution in [0.5, 0.6) is 28.7 Å². The summed E-state index contributed by atoms with van der Waals surface area (Å²) < 4.78 is 32.4. The number of allylic oxidation sites excluding steroid dienone is 1. The van der Waals surface area contributed by atoms with Crippen LogP contribution in [0, 0.1) is 0 Å². The zero-order valence-corrected chi connectivity index (χ0v) is 23.2. The van der Waals surface area contributed by atoms with Gasteiger partial charge in [-0.25, -0.2) is 9.59 Å². The van der Waals surface area contributed by atoms with Crippen LogP contribution in [0.25, 0.3) is 0 Å². The van der Waals surface area contributed by atoms with E-state index < -0.39 is 24.3 Å². The molecule has 0 bridgehead atoms. The summed E-state index contributed by atoms with van der Waals surface area (Å²) in [6, 6.07) is 7.18. The lowest BCUT2D eigenvalue weighted by Crippen LogP contribution is -2.45. The van der Waals surface area contributed by atoms with Gasteiger partial charge in [-0.3, -0.25) is 5.43 Å². The van der Waals surface area contributed by atoms with Crippen LogP contribution in [0.4, 0.5) is 4.79 Å². The Labute approximate surface area is 232 Å². The summed E-state index contributed by atoms with van der Waals surface area (Å²) in [6.45, 7) is 3.60. The number of urea groups is 1. The van der Waals surface area contributed by atoms with E-state index in [2.05, 4.69) is 21.2 Å². The fourth-order valence-corrected chi connectivity index (χ4v) is 4.00. The van der Waals surface area contributed by atoms with Crippen LogP contribution >= 0.6 is 0 Å². The van der Waals surface area contributed by atoms with Gasteiger partial charge in [0.2, 0.25) is 5.75 Å². The number of nitrogens with zero attached hydrogens (tertiary/aromatic N) is 1. The average molecular weight is 559 g/mol. The van der Waals surface area contributed by atoms with Gasteiger partial charge in [0, 0.05) is 11.3 Å². The normalized spacial score (nSPS) is 15.6. The van der Waals surface area contributed by atoms with Gasteiger partial charge in [-0.2, -0.15) is 5.10 Å². The number of methoxy groups -OCH3 is 4. The summed E-state index contributed by atoms with van der Waals surface area (Å²) in [5.74, 6) is 1.52. The Kier molecular flexibility index (Phi) is 10.4. The smallest absolute Gasteiger partial charge is 0.337 e. The quantitative estimate of drug-likeness (QED) is 0.124. The highest BCUT2D eigenvalue weighted by Gasteiger charge is 2.32. The zero-order valence-electron chi connectivity index (χ0n) is 23.2. The maximum Gasteiger partial charge on any atom is 0.337 e. The number of hydrazone groups is 1. The van der Waals surface area contributed by atoms with Gasteiger partial charge in [0.1, 0.15) is 6.61 Å². The van der Waals surface area contributed by atoms with Crippen molar-refractivity contribution in [2.24, 2.45) is 5.10 Å². The number of aliphatic hydroxyl groups is 1. The molecule has 40 heavy (non-hydrogen) atoms. The number of aliphatic hydroxyl groups excluding tert-OH is 1. The highest BCUT2D eigenvalue weighted by Crippen LogP contribution is 2.38. The second-order valence-electron chi connectivity index (χ2n) is 8.37. The summed E-state index contributed by atoms with van der Waals surface area (Å²) in [7, 11) is 5.81. The maximum absolute atomic E-state index is 12.4. The minimum Gasteiger partial charge on any atom is -0.493 e. The van der Waals surface area contributed by atoms with E-state index in [9.17, 15) is 14.7 Å². The SMILES string of the molecule is CCOc1cc([C@@H]2NC(=O)NC(C)=C2C(=O)OC)ccc1OC[C@@H](O)N/N=C\c1cc(OC)c(OC)c(OC)c1. The molecule has 2 aromatic carbocycles. The second-order valence-corrected chi connectivity index (χ2v) is 8.37. The third kappa shape index (κ3) is 7.05. The molecule has 1 aliphatic rings. The molecule has 0 spiro atoms. The number of carbonyl (C=O) groups excluding carboxylic acids is 2. The van der Waals surface area contributed by atoms with Gasteiger partial charge in [-0.15, -0.1) is 0 Å². The minimum absolute atomic E-state index is 0.164. The molecule has 216 valence electrons. The van der Waals surface area contributed by atoms with Crippen molar-refractivity contribution in [1.29, 1.82) is 0 Å². The first kappa shape index (κ1) is 29.9. The molecule has 3 rings (SSSR count). The van der Waals surface area contributed by atoms with Crippen molar-refractivity contribution in [2.75, 3.05) is 41.7 Å². The Hall–Kier alpha value is -4.65. The van der Waals surface area contributed by atoms with Crippen LogP contribution in [0.2, 0.25) is 0 Å². The van der Waals surface area contributed by atoms with E-state index in [0.29, 0.717) is 52.2 Å². The van der Waals surface area contributed by atoms with Crippen molar-refractivity contribution in [3.8, 4) is 28.7 Å². The van der Waals surface area contributed by atoms with Crippen LogP contribution < -0.4 is 39.7 Å². The molecule has 0 aromatic heterocycles. The lowest BCUT2D eigenvalue weighted by molar-refractivity contribution is -0.136. The number of esters is 1. The van der Waals surface area contributed by atoms with Gasteiger partial charge in [0.15, 0.2) is 29.2 Å². The zero-order chi connectivity index (χ0) is 29.2. The molecule has 0 aliphatic carbocycles. The average Bonchev–Trinajstić information content (AvgIpc) is 2.95. The number of amides is 2. The Morgan fingerprint density at radius 1 is 1.05 bits per heavy atom. The third-order valence-corrected chi connectivity index (χ3v) is 5.80. The summed E-state index contributed by atoms with van der Waals surface area (Å²) in [5.41, 5.74) is 4.47. The monoisotopic (exact) mass is 558 g/mol. The highest BCUT2D eigenvalue weighted by atomic mass is 16.5. The number of hydrogen-bond acceptors (Lipinski definition) is 11. The van der Waals surface area contributed by atoms with E-state index in [-0.39, 0.29) is 12.2 Å². The van der Waals surface area contributed by atoms with E-state index in [4.69, 9.17) is 28.4 Å². The van der Waals surface area contributed by atoms with Crippen molar-refractivity contribution in [3.05, 3.63) is 52.7 Å². The van der Waals surface area contributed by atoms with Crippen LogP contribution in [-0.2, 0) is 9.53 Å². The Morgan fingerprint density at radius 3 is 2.35 bits per heavy atom. The third-order valence-electron chi connectivity index (χ3n) is 5.80. The fraction of sp³-hybridized carbons (Fsp3) is 0.370. The first-order valence-electron chi connectivity index (χ1n) is 12.3. The molecule has 4 N–H and O–H groups in total. The Balaban J connectivity index is 1.71. The van der Waals surface area contributed by atoms with Gasteiger partial charge in [-0.1, -0.05) is 6.07 Å². The van der Waals surface area contributed by atoms with Crippen molar-refractivity contribution < 1.29 is 43.1 Å². The fourth-order valence-electron chi connectivity index (χ4n) is 4.00. The molecule has 2 atom stereocenters. The van der Waals surface area contributed by atoms with Crippen LogP contribution in [0.3, 0.4) is 0 Å². The minimum atomic E-state index is -1.16. The molecule has 0 radical (unpaired) electrons. The number of ether oxygens (including phenoxy) is 6. The predicted octanol–water partition coefficient (Wildman–Crippen LogP) is 2.23. The first-order chi connectivity index (χ1) is 19.3. The van der Waals surface area contributed by atoms with E-state index >= 15 is 0 Å². The number of carbonyl (C=O) groups is 2. The van der Waals surface area contributed by atoms with Crippen molar-refractivity contribution >= 4 is 18.2 Å². The number of hydrogen-bond donors (Lipinski definition) is 4. The second kappa shape index (κ2) is 13.9. The molecule has 0 saturated heterocycles. The molecule has 0 fully saturated rings.